The fourth-order valence-electron chi connectivity index (χ4n) is 9.76. The Hall–Kier alpha value is -9.80. The third kappa shape index (κ3) is 6.73. The molecule has 2 aliphatic heterocycles. The van der Waals surface area contributed by atoms with Crippen LogP contribution in [0, 0.1) is 0 Å². The molecule has 0 saturated heterocycles. The number of nitrogens with zero attached hydrogens (tertiary/aromatic N) is 6. The van der Waals surface area contributed by atoms with Gasteiger partial charge in [-0.05, 0) is 109 Å². The first-order valence-electron chi connectivity index (χ1n) is 23.0. The zero-order chi connectivity index (χ0) is 46.7. The molecule has 4 N–H and O–H groups in total. The summed E-state index contributed by atoms with van der Waals surface area (Å²) in [5.41, 5.74) is 27.3. The van der Waals surface area contributed by atoms with E-state index in [2.05, 4.69) is 105 Å². The van der Waals surface area contributed by atoms with Gasteiger partial charge in [-0.15, -0.1) is 0 Å². The van der Waals surface area contributed by atoms with Gasteiger partial charge in [0.2, 0.25) is 0 Å². The fourth-order valence-corrected chi connectivity index (χ4v) is 9.76. The highest BCUT2D eigenvalue weighted by Gasteiger charge is 2.30. The molecule has 0 aliphatic carbocycles. The summed E-state index contributed by atoms with van der Waals surface area (Å²) >= 11 is 0. The molecule has 2 aromatic heterocycles. The quantitative estimate of drug-likeness (QED) is 0.0869. The van der Waals surface area contributed by atoms with Gasteiger partial charge in [0.25, 0.3) is 0 Å². The second kappa shape index (κ2) is 16.5. The van der Waals surface area contributed by atoms with Crippen molar-refractivity contribution in [3.05, 3.63) is 231 Å². The van der Waals surface area contributed by atoms with Crippen molar-refractivity contribution in [3.63, 3.8) is 0 Å². The van der Waals surface area contributed by atoms with Crippen molar-refractivity contribution in [3.8, 4) is 23.0 Å². The summed E-state index contributed by atoms with van der Waals surface area (Å²) in [5, 5.41) is 1.39. The standard InChI is InChI=1S/C60H42N8O2/c61-57-47-33-45(67-49-25-13-15-27-53(49)69-55-35-43(29-31-51(55)67)65(39-17-5-1-6-18-39)40-19-7-2-8-20-40)37-63-59(47)60-48(58(57)62)34-46(38-64-60)68-50-26-14-16-28-54(50)70-56-36-44(30-32-52(56)68)66(41-21-9-3-10-22-41)42-23-11-4-12-24-42/h1-38H,61-62H2. The summed E-state index contributed by atoms with van der Waals surface area (Å²) in [6.07, 6.45) is 3.74. The Morgan fingerprint density at radius 2 is 0.657 bits per heavy atom. The number of fused-ring (bicyclic) bond motifs is 7. The van der Waals surface area contributed by atoms with Crippen LogP contribution in [0.4, 0.5) is 79.6 Å². The number of nitrogens with two attached hydrogens (primary N) is 2. The van der Waals surface area contributed by atoms with E-state index in [1.807, 2.05) is 146 Å². The summed E-state index contributed by atoms with van der Waals surface area (Å²) < 4.78 is 13.4. The van der Waals surface area contributed by atoms with E-state index < -0.39 is 0 Å². The molecule has 0 bridgehead atoms. The molecular weight excluding hydrogens is 865 g/mol. The molecule has 0 spiro atoms. The number of ether oxygens (including phenoxy) is 2. The van der Waals surface area contributed by atoms with Crippen molar-refractivity contribution in [2.24, 2.45) is 0 Å². The maximum Gasteiger partial charge on any atom is 0.153 e. The van der Waals surface area contributed by atoms with Gasteiger partial charge >= 0.3 is 0 Å². The number of anilines is 14. The number of rotatable bonds is 8. The smallest absolute Gasteiger partial charge is 0.153 e. The Morgan fingerprint density at radius 1 is 0.329 bits per heavy atom. The zero-order valence-corrected chi connectivity index (χ0v) is 37.6. The van der Waals surface area contributed by atoms with Crippen molar-refractivity contribution in [2.45, 2.75) is 0 Å². The van der Waals surface area contributed by atoms with Crippen LogP contribution in [0.3, 0.4) is 0 Å². The molecule has 0 radical (unpaired) electrons. The van der Waals surface area contributed by atoms with E-state index in [4.69, 9.17) is 30.9 Å². The van der Waals surface area contributed by atoms with Gasteiger partial charge in [-0.25, -0.2) is 0 Å². The van der Waals surface area contributed by atoms with Gasteiger partial charge in [0, 0.05) is 57.0 Å². The molecule has 0 atom stereocenters. The zero-order valence-electron chi connectivity index (χ0n) is 37.6. The molecule has 10 nitrogen and oxygen atoms in total. The number of aromatic nitrogens is 2. The van der Waals surface area contributed by atoms with E-state index in [1.165, 1.54) is 0 Å². The Labute approximate surface area is 404 Å². The van der Waals surface area contributed by atoms with E-state index in [0.29, 0.717) is 56.2 Å². The second-order valence-corrected chi connectivity index (χ2v) is 17.1. The molecule has 0 fully saturated rings. The van der Waals surface area contributed by atoms with Crippen LogP contribution in [0.2, 0.25) is 0 Å². The van der Waals surface area contributed by atoms with Gasteiger partial charge in [-0.1, -0.05) is 97.1 Å². The van der Waals surface area contributed by atoms with Crippen molar-refractivity contribution < 1.29 is 9.47 Å². The summed E-state index contributed by atoms with van der Waals surface area (Å²) in [6, 6.07) is 74.0. The van der Waals surface area contributed by atoms with Gasteiger partial charge in [-0.3, -0.25) is 9.97 Å². The highest BCUT2D eigenvalue weighted by molar-refractivity contribution is 6.17. The SMILES string of the molecule is Nc1c(N)c2cc(N3c4ccccc4Oc4cc(N(c5ccccc5)c5ccccc5)ccc43)cnc2c2ncc(N3c4ccccc4Oc4cc(N(c5ccccc5)c5ccccc5)ccc43)cc12. The van der Waals surface area contributed by atoms with E-state index in [0.717, 1.165) is 68.2 Å². The maximum absolute atomic E-state index is 7.08. The van der Waals surface area contributed by atoms with Gasteiger partial charge in [0.15, 0.2) is 23.0 Å². The van der Waals surface area contributed by atoms with Crippen LogP contribution in [0.15, 0.2) is 231 Å². The van der Waals surface area contributed by atoms with Crippen molar-refractivity contribution in [1.82, 2.24) is 9.97 Å². The number of hydrogen-bond acceptors (Lipinski definition) is 10. The lowest BCUT2D eigenvalue weighted by Gasteiger charge is -2.34. The number of hydrogen-bond donors (Lipinski definition) is 2. The summed E-state index contributed by atoms with van der Waals surface area (Å²) in [4.78, 5) is 19.0. The largest absolute Gasteiger partial charge is 0.453 e. The summed E-state index contributed by atoms with van der Waals surface area (Å²) in [7, 11) is 0. The Balaban J connectivity index is 0.900. The molecule has 70 heavy (non-hydrogen) atoms. The molecule has 2 aliphatic rings. The number of nitrogen functional groups attached to an aromatic ring is 2. The lowest BCUT2D eigenvalue weighted by Crippen LogP contribution is -2.17. The minimum absolute atomic E-state index is 0.420. The lowest BCUT2D eigenvalue weighted by molar-refractivity contribution is 0.477. The molecule has 9 aromatic carbocycles. The highest BCUT2D eigenvalue weighted by Crippen LogP contribution is 2.55. The Kier molecular flexibility index (Phi) is 9.55. The number of pyridine rings is 2. The molecule has 0 amide bonds. The highest BCUT2D eigenvalue weighted by atomic mass is 16.5. The molecule has 0 saturated carbocycles. The monoisotopic (exact) mass is 906 g/mol. The third-order valence-electron chi connectivity index (χ3n) is 13.0. The van der Waals surface area contributed by atoms with Crippen molar-refractivity contribution in [2.75, 3.05) is 31.1 Å². The van der Waals surface area contributed by atoms with E-state index in [9.17, 15) is 0 Å². The topological polar surface area (TPSA) is 109 Å². The van der Waals surface area contributed by atoms with Crippen molar-refractivity contribution >= 4 is 101 Å². The van der Waals surface area contributed by atoms with Crippen LogP contribution >= 0.6 is 0 Å². The van der Waals surface area contributed by atoms with E-state index in [1.54, 1.807) is 0 Å². The number of para-hydroxylation sites is 8. The van der Waals surface area contributed by atoms with Crippen molar-refractivity contribution in [1.29, 1.82) is 0 Å². The van der Waals surface area contributed by atoms with Gasteiger partial charge < -0.3 is 40.5 Å². The Morgan fingerprint density at radius 3 is 1.03 bits per heavy atom. The fraction of sp³-hybridized carbons (Fsp3) is 0. The molecule has 4 heterocycles. The predicted molar refractivity (Wildman–Crippen MR) is 285 cm³/mol. The van der Waals surface area contributed by atoms with Gasteiger partial charge in [0.1, 0.15) is 0 Å². The van der Waals surface area contributed by atoms with Crippen LogP contribution in [0.25, 0.3) is 21.8 Å². The lowest BCUT2D eigenvalue weighted by atomic mass is 10.0. The molecule has 11 aromatic rings. The number of benzene rings is 9. The van der Waals surface area contributed by atoms with Crippen LogP contribution < -0.4 is 40.5 Å². The van der Waals surface area contributed by atoms with E-state index in [-0.39, 0.29) is 0 Å². The van der Waals surface area contributed by atoms with Crippen LogP contribution in [-0.4, -0.2) is 9.97 Å². The maximum atomic E-state index is 7.08. The first kappa shape index (κ1) is 40.5. The molecule has 334 valence electrons. The first-order valence-corrected chi connectivity index (χ1v) is 23.0. The molecular formula is C60H42N8O2. The van der Waals surface area contributed by atoms with Gasteiger partial charge in [0.05, 0.1) is 68.9 Å². The summed E-state index contributed by atoms with van der Waals surface area (Å²) in [6.45, 7) is 0. The normalized spacial score (nSPS) is 12.3. The molecule has 10 heteroatoms. The molecule has 13 rings (SSSR count). The van der Waals surface area contributed by atoms with Crippen LogP contribution in [0.1, 0.15) is 0 Å². The predicted octanol–water partition coefficient (Wildman–Crippen LogP) is 16.0. The average molecular weight is 907 g/mol. The van der Waals surface area contributed by atoms with Crippen LogP contribution in [0.5, 0.6) is 23.0 Å². The first-order chi connectivity index (χ1) is 34.6. The van der Waals surface area contributed by atoms with Crippen LogP contribution in [-0.2, 0) is 0 Å². The third-order valence-corrected chi connectivity index (χ3v) is 13.0. The minimum Gasteiger partial charge on any atom is -0.453 e. The van der Waals surface area contributed by atoms with E-state index >= 15 is 0 Å². The minimum atomic E-state index is 0.420. The van der Waals surface area contributed by atoms with Gasteiger partial charge in [-0.2, -0.15) is 0 Å². The average Bonchev–Trinajstić information content (AvgIpc) is 3.42. The Bertz CT molecular complexity index is 3460. The molecule has 0 unspecified atom stereocenters. The second-order valence-electron chi connectivity index (χ2n) is 17.1. The summed E-state index contributed by atoms with van der Waals surface area (Å²) in [5.74, 6) is 2.82.